The number of aliphatic hydroxyl groups excluding tert-OH is 1. The van der Waals surface area contributed by atoms with Crippen LogP contribution in [-0.4, -0.2) is 35.4 Å². The van der Waals surface area contributed by atoms with Crippen molar-refractivity contribution in [3.8, 4) is 5.88 Å². The van der Waals surface area contributed by atoms with Crippen LogP contribution < -0.4 is 15.4 Å². The highest BCUT2D eigenvalue weighted by molar-refractivity contribution is 5.85. The number of carbonyl (C=O) groups is 1. The summed E-state index contributed by atoms with van der Waals surface area (Å²) in [4.78, 5) is 18.0. The molecule has 0 spiro atoms. The number of benzene rings is 1. The monoisotopic (exact) mass is 351 g/mol. The first-order chi connectivity index (χ1) is 12.5. The third-order valence-electron chi connectivity index (χ3n) is 5.03. The van der Waals surface area contributed by atoms with E-state index in [0.29, 0.717) is 12.4 Å². The Labute approximate surface area is 151 Å². The van der Waals surface area contributed by atoms with E-state index >= 15 is 0 Å². The van der Waals surface area contributed by atoms with E-state index in [4.69, 9.17) is 10.5 Å². The Bertz CT molecular complexity index is 894. The molecule has 3 heterocycles. The van der Waals surface area contributed by atoms with Gasteiger partial charge in [0.05, 0.1) is 5.92 Å². The van der Waals surface area contributed by atoms with Crippen molar-refractivity contribution in [2.24, 2.45) is 11.7 Å². The first-order valence-corrected chi connectivity index (χ1v) is 8.71. The van der Waals surface area contributed by atoms with Gasteiger partial charge in [0.2, 0.25) is 18.1 Å². The molecule has 1 amide bonds. The summed E-state index contributed by atoms with van der Waals surface area (Å²) in [7, 11) is 0. The van der Waals surface area contributed by atoms with Gasteiger partial charge in [0.15, 0.2) is 0 Å². The zero-order valence-electron chi connectivity index (χ0n) is 14.6. The number of aryl methyl sites for hydroxylation is 1. The summed E-state index contributed by atoms with van der Waals surface area (Å²) < 4.78 is 5.55. The summed E-state index contributed by atoms with van der Waals surface area (Å²) in [5.41, 5.74) is 9.33. The molecule has 0 saturated carbocycles. The largest absolute Gasteiger partial charge is 0.444 e. The van der Waals surface area contributed by atoms with E-state index < -0.39 is 6.29 Å². The number of ether oxygens (including phenoxy) is 1. The Kier molecular flexibility index (Phi) is 4.12. The van der Waals surface area contributed by atoms with Crippen LogP contribution in [0.1, 0.15) is 23.1 Å². The normalized spacial score (nSPS) is 21.8. The minimum Gasteiger partial charge on any atom is -0.444 e. The number of hydrogen-bond acceptors (Lipinski definition) is 5. The molecule has 1 aromatic carbocycles. The predicted molar refractivity (Wildman–Crippen MR) is 98.6 cm³/mol. The van der Waals surface area contributed by atoms with Crippen LogP contribution in [0.3, 0.4) is 0 Å². The van der Waals surface area contributed by atoms with E-state index in [1.165, 1.54) is 0 Å². The lowest BCUT2D eigenvalue weighted by molar-refractivity contribution is -0.121. The van der Waals surface area contributed by atoms with Crippen LogP contribution in [0.4, 0.5) is 5.82 Å². The Morgan fingerprint density at radius 1 is 1.27 bits per heavy atom. The molecule has 6 nitrogen and oxygen atoms in total. The highest BCUT2D eigenvalue weighted by Crippen LogP contribution is 2.37. The molecule has 2 aliphatic rings. The van der Waals surface area contributed by atoms with Crippen LogP contribution in [0.2, 0.25) is 0 Å². The standard InChI is InChI=1S/C20H21N3O3/c1-12-4-2-3-5-14(12)16-10-18(24)26-20-15(16)6-7-17(22-20)23-9-8-13(11-23)19(21)25/h2-7,10,13,18,24H,8-9,11H2,1H3,(H2,21,25). The topological polar surface area (TPSA) is 88.7 Å². The first kappa shape index (κ1) is 16.6. The van der Waals surface area contributed by atoms with Gasteiger partial charge >= 0.3 is 0 Å². The number of aromatic nitrogens is 1. The number of fused-ring (bicyclic) bond motifs is 1. The van der Waals surface area contributed by atoms with E-state index in [2.05, 4.69) is 4.98 Å². The molecule has 6 heteroatoms. The number of primary amides is 1. The molecular formula is C20H21N3O3. The van der Waals surface area contributed by atoms with Gasteiger partial charge in [0.25, 0.3) is 0 Å². The molecule has 0 aliphatic carbocycles. The SMILES string of the molecule is Cc1ccccc1C1=CC(O)Oc2nc(N3CCC(C(N)=O)C3)ccc21. The van der Waals surface area contributed by atoms with Crippen LogP contribution in [0.25, 0.3) is 5.57 Å². The van der Waals surface area contributed by atoms with E-state index in [1.54, 1.807) is 6.08 Å². The van der Waals surface area contributed by atoms with Crippen LogP contribution in [0.5, 0.6) is 5.88 Å². The number of anilines is 1. The number of rotatable bonds is 3. The van der Waals surface area contributed by atoms with Crippen LogP contribution in [-0.2, 0) is 4.79 Å². The van der Waals surface area contributed by atoms with E-state index in [-0.39, 0.29) is 11.8 Å². The number of aliphatic hydroxyl groups is 1. The number of nitrogens with zero attached hydrogens (tertiary/aromatic N) is 2. The lowest BCUT2D eigenvalue weighted by Crippen LogP contribution is -2.28. The first-order valence-electron chi connectivity index (χ1n) is 8.71. The molecule has 2 aromatic rings. The molecule has 0 bridgehead atoms. The van der Waals surface area contributed by atoms with Crippen LogP contribution >= 0.6 is 0 Å². The number of nitrogens with two attached hydrogens (primary N) is 1. The van der Waals surface area contributed by atoms with Crippen molar-refractivity contribution in [1.29, 1.82) is 0 Å². The van der Waals surface area contributed by atoms with Crippen molar-refractivity contribution in [3.05, 3.63) is 59.2 Å². The second-order valence-corrected chi connectivity index (χ2v) is 6.76. The zero-order chi connectivity index (χ0) is 18.3. The van der Waals surface area contributed by atoms with Gasteiger partial charge in [0, 0.05) is 18.7 Å². The van der Waals surface area contributed by atoms with Crippen molar-refractivity contribution in [1.82, 2.24) is 4.98 Å². The average molecular weight is 351 g/mol. The third-order valence-corrected chi connectivity index (χ3v) is 5.03. The fraction of sp³-hybridized carbons (Fsp3) is 0.300. The van der Waals surface area contributed by atoms with E-state index in [9.17, 15) is 9.90 Å². The molecule has 1 aromatic heterocycles. The van der Waals surface area contributed by atoms with Gasteiger partial charge in [-0.1, -0.05) is 24.3 Å². The highest BCUT2D eigenvalue weighted by atomic mass is 16.6. The van der Waals surface area contributed by atoms with Gasteiger partial charge in [-0.05, 0) is 48.3 Å². The predicted octanol–water partition coefficient (Wildman–Crippen LogP) is 1.84. The second kappa shape index (κ2) is 6.46. The van der Waals surface area contributed by atoms with Crippen LogP contribution in [0.15, 0.2) is 42.5 Å². The minimum atomic E-state index is -1.04. The van der Waals surface area contributed by atoms with Crippen molar-refractivity contribution in [2.45, 2.75) is 19.6 Å². The molecule has 2 aliphatic heterocycles. The smallest absolute Gasteiger partial charge is 0.226 e. The summed E-state index contributed by atoms with van der Waals surface area (Å²) >= 11 is 0. The Balaban J connectivity index is 1.69. The molecule has 1 saturated heterocycles. The number of pyridine rings is 1. The van der Waals surface area contributed by atoms with Gasteiger partial charge in [-0.2, -0.15) is 4.98 Å². The molecule has 2 atom stereocenters. The maximum atomic E-state index is 11.4. The van der Waals surface area contributed by atoms with Gasteiger partial charge in [-0.15, -0.1) is 0 Å². The average Bonchev–Trinajstić information content (AvgIpc) is 3.11. The Morgan fingerprint density at radius 2 is 2.08 bits per heavy atom. The molecular weight excluding hydrogens is 330 g/mol. The third kappa shape index (κ3) is 2.93. The Hall–Kier alpha value is -2.86. The number of carbonyl (C=O) groups excluding carboxylic acids is 1. The molecule has 3 N–H and O–H groups in total. The lowest BCUT2D eigenvalue weighted by atomic mass is 9.93. The quantitative estimate of drug-likeness (QED) is 0.881. The maximum absolute atomic E-state index is 11.4. The molecule has 1 fully saturated rings. The van der Waals surface area contributed by atoms with Gasteiger partial charge in [0.1, 0.15) is 5.82 Å². The fourth-order valence-electron chi connectivity index (χ4n) is 3.59. The van der Waals surface area contributed by atoms with Crippen LogP contribution in [0, 0.1) is 12.8 Å². The lowest BCUT2D eigenvalue weighted by Gasteiger charge is -2.25. The van der Waals surface area contributed by atoms with Gasteiger partial charge in [-0.25, -0.2) is 0 Å². The zero-order valence-corrected chi connectivity index (χ0v) is 14.6. The van der Waals surface area contributed by atoms with Gasteiger partial charge in [-0.3, -0.25) is 4.79 Å². The number of hydrogen-bond donors (Lipinski definition) is 2. The van der Waals surface area contributed by atoms with E-state index in [1.807, 2.05) is 48.2 Å². The second-order valence-electron chi connectivity index (χ2n) is 6.76. The minimum absolute atomic E-state index is 0.151. The molecule has 134 valence electrons. The van der Waals surface area contributed by atoms with E-state index in [0.717, 1.165) is 41.0 Å². The Morgan fingerprint density at radius 3 is 2.81 bits per heavy atom. The molecule has 26 heavy (non-hydrogen) atoms. The van der Waals surface area contributed by atoms with Crippen molar-refractivity contribution < 1.29 is 14.6 Å². The highest BCUT2D eigenvalue weighted by Gasteiger charge is 2.29. The van der Waals surface area contributed by atoms with Crippen molar-refractivity contribution in [2.75, 3.05) is 18.0 Å². The molecule has 2 unspecified atom stereocenters. The van der Waals surface area contributed by atoms with Gasteiger partial charge < -0.3 is 20.5 Å². The van der Waals surface area contributed by atoms with Crippen molar-refractivity contribution in [3.63, 3.8) is 0 Å². The summed E-state index contributed by atoms with van der Waals surface area (Å²) in [6.45, 7) is 3.32. The van der Waals surface area contributed by atoms with Crippen molar-refractivity contribution >= 4 is 17.3 Å². The summed E-state index contributed by atoms with van der Waals surface area (Å²) in [5, 5.41) is 10.1. The summed E-state index contributed by atoms with van der Waals surface area (Å²) in [6.07, 6.45) is 1.38. The molecule has 0 radical (unpaired) electrons. The summed E-state index contributed by atoms with van der Waals surface area (Å²) in [5.74, 6) is 0.702. The molecule has 4 rings (SSSR count). The maximum Gasteiger partial charge on any atom is 0.226 e. The summed E-state index contributed by atoms with van der Waals surface area (Å²) in [6, 6.07) is 11.9. The number of amides is 1. The fourth-order valence-corrected chi connectivity index (χ4v) is 3.59.